The number of alkyl halides is 1. The molecular weight excluding hydrogens is 342 g/mol. The highest BCUT2D eigenvalue weighted by Crippen LogP contribution is 2.22. The van der Waals surface area contributed by atoms with Crippen LogP contribution in [0.5, 0.6) is 0 Å². The standard InChI is InChI=1S/C15H19BrClNO2/c1-11-13(3-2-4-14(11)16)15(19)18-8-5-12(6-9-18)20-10-7-17/h2-4,12H,5-10H2,1H3. The predicted octanol–water partition coefficient (Wildman–Crippen LogP) is 3.62. The van der Waals surface area contributed by atoms with Crippen molar-refractivity contribution in [3.63, 3.8) is 0 Å². The lowest BCUT2D eigenvalue weighted by Gasteiger charge is -2.32. The molecule has 0 radical (unpaired) electrons. The summed E-state index contributed by atoms with van der Waals surface area (Å²) in [4.78, 5) is 14.4. The van der Waals surface area contributed by atoms with Crippen LogP contribution in [0.1, 0.15) is 28.8 Å². The van der Waals surface area contributed by atoms with Crippen LogP contribution < -0.4 is 0 Å². The van der Waals surface area contributed by atoms with Crippen LogP contribution in [-0.2, 0) is 4.74 Å². The summed E-state index contributed by atoms with van der Waals surface area (Å²) in [5.41, 5.74) is 1.78. The molecule has 2 rings (SSSR count). The van der Waals surface area contributed by atoms with Gasteiger partial charge in [-0.2, -0.15) is 0 Å². The highest BCUT2D eigenvalue weighted by molar-refractivity contribution is 9.10. The Labute approximate surface area is 133 Å². The molecule has 1 aromatic rings. The molecule has 3 nitrogen and oxygen atoms in total. The Morgan fingerprint density at radius 3 is 2.80 bits per heavy atom. The maximum Gasteiger partial charge on any atom is 0.254 e. The molecule has 0 atom stereocenters. The van der Waals surface area contributed by atoms with E-state index in [0.29, 0.717) is 12.5 Å². The molecule has 5 heteroatoms. The molecule has 0 spiro atoms. The van der Waals surface area contributed by atoms with Gasteiger partial charge in [0.15, 0.2) is 0 Å². The summed E-state index contributed by atoms with van der Waals surface area (Å²) in [5, 5.41) is 0. The summed E-state index contributed by atoms with van der Waals surface area (Å²) in [6, 6.07) is 5.75. The molecule has 1 saturated heterocycles. The van der Waals surface area contributed by atoms with Crippen molar-refractivity contribution in [1.82, 2.24) is 4.90 Å². The third-order valence-electron chi connectivity index (χ3n) is 3.66. The molecule has 0 unspecified atom stereocenters. The van der Waals surface area contributed by atoms with Crippen molar-refractivity contribution in [1.29, 1.82) is 0 Å². The first-order valence-electron chi connectivity index (χ1n) is 6.85. The third-order valence-corrected chi connectivity index (χ3v) is 4.67. The van der Waals surface area contributed by atoms with Crippen LogP contribution >= 0.6 is 27.5 Å². The van der Waals surface area contributed by atoms with Gasteiger partial charge < -0.3 is 9.64 Å². The van der Waals surface area contributed by atoms with Gasteiger partial charge in [0.2, 0.25) is 0 Å². The summed E-state index contributed by atoms with van der Waals surface area (Å²) in [5.74, 6) is 0.635. The molecule has 1 aliphatic rings. The number of hydrogen-bond donors (Lipinski definition) is 0. The number of rotatable bonds is 4. The number of benzene rings is 1. The number of likely N-dealkylation sites (tertiary alicyclic amines) is 1. The average molecular weight is 361 g/mol. The maximum absolute atomic E-state index is 12.5. The molecule has 0 bridgehead atoms. The highest BCUT2D eigenvalue weighted by Gasteiger charge is 2.25. The largest absolute Gasteiger partial charge is 0.377 e. The van der Waals surface area contributed by atoms with Crippen LogP contribution in [0.2, 0.25) is 0 Å². The lowest BCUT2D eigenvalue weighted by Crippen LogP contribution is -2.41. The molecule has 1 heterocycles. The van der Waals surface area contributed by atoms with Crippen LogP contribution in [0.3, 0.4) is 0 Å². The minimum atomic E-state index is 0.111. The van der Waals surface area contributed by atoms with E-state index in [1.807, 2.05) is 30.0 Å². The lowest BCUT2D eigenvalue weighted by atomic mass is 10.0. The van der Waals surface area contributed by atoms with Gasteiger partial charge in [0.05, 0.1) is 12.7 Å². The zero-order chi connectivity index (χ0) is 14.5. The SMILES string of the molecule is Cc1c(Br)cccc1C(=O)N1CCC(OCCCl)CC1. The molecule has 1 aromatic carbocycles. The first kappa shape index (κ1) is 15.8. The molecule has 0 saturated carbocycles. The predicted molar refractivity (Wildman–Crippen MR) is 84.5 cm³/mol. The summed E-state index contributed by atoms with van der Waals surface area (Å²) >= 11 is 9.09. The second kappa shape index (κ2) is 7.43. The van der Waals surface area contributed by atoms with E-state index < -0.39 is 0 Å². The van der Waals surface area contributed by atoms with Gasteiger partial charge in [-0.1, -0.05) is 22.0 Å². The summed E-state index contributed by atoms with van der Waals surface area (Å²) in [6.45, 7) is 4.05. The van der Waals surface area contributed by atoms with Crippen LogP contribution in [0.25, 0.3) is 0 Å². The van der Waals surface area contributed by atoms with E-state index in [2.05, 4.69) is 15.9 Å². The van der Waals surface area contributed by atoms with Gasteiger partial charge in [0.25, 0.3) is 5.91 Å². The van der Waals surface area contributed by atoms with E-state index in [1.165, 1.54) is 0 Å². The minimum absolute atomic E-state index is 0.111. The van der Waals surface area contributed by atoms with Gasteiger partial charge in [-0.15, -0.1) is 11.6 Å². The Hall–Kier alpha value is -0.580. The molecule has 110 valence electrons. The number of nitrogens with zero attached hydrogens (tertiary/aromatic N) is 1. The molecule has 0 aromatic heterocycles. The summed E-state index contributed by atoms with van der Waals surface area (Å²) in [7, 11) is 0. The fraction of sp³-hybridized carbons (Fsp3) is 0.533. The monoisotopic (exact) mass is 359 g/mol. The van der Waals surface area contributed by atoms with E-state index >= 15 is 0 Å². The summed E-state index contributed by atoms with van der Waals surface area (Å²) in [6.07, 6.45) is 2.01. The van der Waals surface area contributed by atoms with Crippen LogP contribution in [-0.4, -0.2) is 42.5 Å². The van der Waals surface area contributed by atoms with Crippen molar-refractivity contribution >= 4 is 33.4 Å². The minimum Gasteiger partial charge on any atom is -0.377 e. The number of amides is 1. The number of hydrogen-bond acceptors (Lipinski definition) is 2. The molecule has 20 heavy (non-hydrogen) atoms. The number of piperidine rings is 1. The van der Waals surface area contributed by atoms with E-state index in [4.69, 9.17) is 16.3 Å². The first-order valence-corrected chi connectivity index (χ1v) is 8.18. The van der Waals surface area contributed by atoms with Gasteiger partial charge >= 0.3 is 0 Å². The van der Waals surface area contributed by atoms with Gasteiger partial charge in [0, 0.05) is 29.0 Å². The second-order valence-electron chi connectivity index (χ2n) is 4.96. The van der Waals surface area contributed by atoms with Crippen molar-refractivity contribution < 1.29 is 9.53 Å². The van der Waals surface area contributed by atoms with Crippen molar-refractivity contribution in [3.8, 4) is 0 Å². The Morgan fingerprint density at radius 2 is 2.15 bits per heavy atom. The fourth-order valence-electron chi connectivity index (χ4n) is 2.45. The zero-order valence-electron chi connectivity index (χ0n) is 11.6. The van der Waals surface area contributed by atoms with Crippen molar-refractivity contribution in [2.24, 2.45) is 0 Å². The van der Waals surface area contributed by atoms with E-state index in [0.717, 1.165) is 41.5 Å². The molecular formula is C15H19BrClNO2. The third kappa shape index (κ3) is 3.74. The van der Waals surface area contributed by atoms with Gasteiger partial charge in [-0.3, -0.25) is 4.79 Å². The van der Waals surface area contributed by atoms with Crippen molar-refractivity contribution in [2.45, 2.75) is 25.9 Å². The van der Waals surface area contributed by atoms with Crippen molar-refractivity contribution in [3.05, 3.63) is 33.8 Å². The zero-order valence-corrected chi connectivity index (χ0v) is 13.9. The summed E-state index contributed by atoms with van der Waals surface area (Å²) < 4.78 is 6.61. The Balaban J connectivity index is 1.96. The second-order valence-corrected chi connectivity index (χ2v) is 6.20. The van der Waals surface area contributed by atoms with Crippen LogP contribution in [0, 0.1) is 6.92 Å². The highest BCUT2D eigenvalue weighted by atomic mass is 79.9. The Morgan fingerprint density at radius 1 is 1.45 bits per heavy atom. The van der Waals surface area contributed by atoms with Gasteiger partial charge in [0.1, 0.15) is 0 Å². The van der Waals surface area contributed by atoms with Crippen LogP contribution in [0.15, 0.2) is 22.7 Å². The molecule has 0 N–H and O–H groups in total. The van der Waals surface area contributed by atoms with Crippen molar-refractivity contribution in [2.75, 3.05) is 25.6 Å². The Bertz CT molecular complexity index is 473. The molecule has 0 aliphatic carbocycles. The number of halogens is 2. The first-order chi connectivity index (χ1) is 9.63. The quantitative estimate of drug-likeness (QED) is 0.768. The molecule has 1 fully saturated rings. The number of carbonyl (C=O) groups is 1. The van der Waals surface area contributed by atoms with E-state index in [-0.39, 0.29) is 12.0 Å². The maximum atomic E-state index is 12.5. The molecule has 1 aliphatic heterocycles. The number of carbonyl (C=O) groups excluding carboxylic acids is 1. The lowest BCUT2D eigenvalue weighted by molar-refractivity contribution is 0.0154. The van der Waals surface area contributed by atoms with E-state index in [1.54, 1.807) is 0 Å². The molecule has 1 amide bonds. The van der Waals surface area contributed by atoms with E-state index in [9.17, 15) is 4.79 Å². The van der Waals surface area contributed by atoms with Crippen LogP contribution in [0.4, 0.5) is 0 Å². The topological polar surface area (TPSA) is 29.5 Å². The smallest absolute Gasteiger partial charge is 0.254 e. The average Bonchev–Trinajstić information content (AvgIpc) is 2.48. The normalized spacial score (nSPS) is 16.4. The van der Waals surface area contributed by atoms with Gasteiger partial charge in [-0.25, -0.2) is 0 Å². The number of ether oxygens (including phenoxy) is 1. The van der Waals surface area contributed by atoms with Gasteiger partial charge in [-0.05, 0) is 37.5 Å². The Kier molecular flexibility index (Phi) is 5.87. The fourth-order valence-corrected chi connectivity index (χ4v) is 2.90.